The molecule has 0 aromatic heterocycles. The van der Waals surface area contributed by atoms with Crippen LogP contribution in [0.4, 0.5) is 0 Å². The van der Waals surface area contributed by atoms with Gasteiger partial charge in [0.05, 0.1) is 18.1 Å². The molecule has 2 bridgehead atoms. The van der Waals surface area contributed by atoms with E-state index in [-0.39, 0.29) is 11.9 Å². The Morgan fingerprint density at radius 1 is 1.03 bits per heavy atom. The lowest BCUT2D eigenvalue weighted by molar-refractivity contribution is -0.144. The molecule has 5 rings (SSSR count). The Hall–Kier alpha value is -1.88. The van der Waals surface area contributed by atoms with E-state index in [0.717, 1.165) is 49.8 Å². The number of methoxy groups -OCH3 is 1. The fourth-order valence-corrected chi connectivity index (χ4v) is 6.18. The number of fused-ring (bicyclic) bond motifs is 2. The molecule has 5 atom stereocenters. The molecule has 3 aliphatic rings. The van der Waals surface area contributed by atoms with E-state index in [1.54, 1.807) is 0 Å². The van der Waals surface area contributed by atoms with Crippen LogP contribution in [0.2, 0.25) is 5.02 Å². The Morgan fingerprint density at radius 3 is 2.27 bits per heavy atom. The maximum Gasteiger partial charge on any atom is 0.316 e. The number of piperidine rings is 1. The monoisotopic (exact) mass is 425 g/mol. The fourth-order valence-electron chi connectivity index (χ4n) is 6.05. The number of carbonyl (C=O) groups is 1. The molecule has 4 nitrogen and oxygen atoms in total. The molecule has 0 amide bonds. The van der Waals surface area contributed by atoms with Gasteiger partial charge in [-0.2, -0.15) is 0 Å². The van der Waals surface area contributed by atoms with Crippen LogP contribution in [0, 0.1) is 5.92 Å². The number of benzene rings is 2. The maximum atomic E-state index is 12.8. The molecule has 30 heavy (non-hydrogen) atoms. The molecule has 158 valence electrons. The number of halogens is 1. The zero-order valence-electron chi connectivity index (χ0n) is 17.3. The van der Waals surface area contributed by atoms with Crippen molar-refractivity contribution in [2.45, 2.75) is 55.2 Å². The molecule has 2 heterocycles. The highest BCUT2D eigenvalue weighted by atomic mass is 35.5. The zero-order valence-corrected chi connectivity index (χ0v) is 18.0. The topological polar surface area (TPSA) is 49.8 Å². The Labute approximate surface area is 182 Å². The summed E-state index contributed by atoms with van der Waals surface area (Å²) >= 11 is 6.04. The summed E-state index contributed by atoms with van der Waals surface area (Å²) in [6, 6.07) is 18.4. The number of ether oxygens (including phenoxy) is 1. The summed E-state index contributed by atoms with van der Waals surface area (Å²) in [7, 11) is 1.49. The molecule has 0 radical (unpaired) electrons. The first-order valence-corrected chi connectivity index (χ1v) is 11.2. The van der Waals surface area contributed by atoms with Gasteiger partial charge >= 0.3 is 5.97 Å². The smallest absolute Gasteiger partial charge is 0.316 e. The van der Waals surface area contributed by atoms with Crippen molar-refractivity contribution in [3.63, 3.8) is 0 Å². The van der Waals surface area contributed by atoms with Gasteiger partial charge in [-0.05, 0) is 61.3 Å². The number of aliphatic hydroxyl groups is 1. The van der Waals surface area contributed by atoms with Gasteiger partial charge < -0.3 is 9.84 Å². The number of hydrogen-bond acceptors (Lipinski definition) is 4. The Kier molecular flexibility index (Phi) is 4.92. The van der Waals surface area contributed by atoms with Gasteiger partial charge in [-0.1, -0.05) is 54.1 Å². The molecule has 1 unspecified atom stereocenters. The Bertz CT molecular complexity index is 917. The number of nitrogens with zero attached hydrogens (tertiary/aromatic N) is 1. The van der Waals surface area contributed by atoms with E-state index in [0.29, 0.717) is 17.1 Å². The van der Waals surface area contributed by atoms with E-state index >= 15 is 0 Å². The first kappa shape index (κ1) is 20.0. The molecule has 1 N–H and O–H groups in total. The van der Waals surface area contributed by atoms with Crippen molar-refractivity contribution in [3.05, 3.63) is 70.7 Å². The molecule has 5 heteroatoms. The van der Waals surface area contributed by atoms with Crippen molar-refractivity contribution >= 4 is 17.6 Å². The second-order valence-corrected chi connectivity index (χ2v) is 9.69. The molecular weight excluding hydrogens is 398 g/mol. The molecule has 2 aliphatic heterocycles. The van der Waals surface area contributed by atoms with Gasteiger partial charge in [0.1, 0.15) is 0 Å². The van der Waals surface area contributed by atoms with Crippen LogP contribution < -0.4 is 0 Å². The molecule has 0 spiro atoms. The molecule has 1 aliphatic carbocycles. The SMILES string of the molecule is COC(=O)[C@]1(c2ccccc2)C[C@@H]1CN1[C@@H]2CC[C@H]1CC(O)(c1ccc(Cl)cc1)C2. The van der Waals surface area contributed by atoms with Crippen LogP contribution in [0.15, 0.2) is 54.6 Å². The lowest BCUT2D eigenvalue weighted by Crippen LogP contribution is -2.50. The minimum Gasteiger partial charge on any atom is -0.468 e. The van der Waals surface area contributed by atoms with E-state index in [1.165, 1.54) is 7.11 Å². The molecular formula is C25H28ClNO3. The minimum absolute atomic E-state index is 0.124. The summed E-state index contributed by atoms with van der Waals surface area (Å²) in [4.78, 5) is 15.3. The zero-order chi connectivity index (χ0) is 20.9. The number of carbonyl (C=O) groups excluding carboxylic acids is 1. The van der Waals surface area contributed by atoms with Crippen LogP contribution >= 0.6 is 11.6 Å². The third-order valence-corrected chi connectivity index (χ3v) is 7.93. The molecule has 2 aromatic rings. The Balaban J connectivity index is 1.34. The lowest BCUT2D eigenvalue weighted by Gasteiger charge is -2.44. The van der Waals surface area contributed by atoms with Crippen molar-refractivity contribution in [3.8, 4) is 0 Å². The maximum absolute atomic E-state index is 12.8. The van der Waals surface area contributed by atoms with Gasteiger partial charge in [-0.25, -0.2) is 0 Å². The average Bonchev–Trinajstić information content (AvgIpc) is 3.43. The van der Waals surface area contributed by atoms with Crippen LogP contribution in [0.1, 0.15) is 43.2 Å². The number of rotatable bonds is 5. The fraction of sp³-hybridized carbons (Fsp3) is 0.480. The van der Waals surface area contributed by atoms with Gasteiger partial charge in [-0.15, -0.1) is 0 Å². The quantitative estimate of drug-likeness (QED) is 0.726. The summed E-state index contributed by atoms with van der Waals surface area (Å²) in [5.74, 6) is 0.137. The van der Waals surface area contributed by atoms with Crippen molar-refractivity contribution in [1.29, 1.82) is 0 Å². The predicted molar refractivity (Wildman–Crippen MR) is 116 cm³/mol. The summed E-state index contributed by atoms with van der Waals surface area (Å²) in [6.07, 6.45) is 4.50. The first-order valence-electron chi connectivity index (χ1n) is 10.8. The standard InChI is InChI=1S/C25H28ClNO3/c1-30-23(28)25(18-5-3-2-4-6-18)13-19(25)16-27-21-11-12-22(27)15-24(29,14-21)17-7-9-20(26)10-8-17/h2-10,19,21-22,29H,11-16H2,1H3/t19-,21-,22+,24?,25+/m1/s1. The molecule has 2 saturated heterocycles. The van der Waals surface area contributed by atoms with Crippen LogP contribution in [-0.2, 0) is 20.5 Å². The van der Waals surface area contributed by atoms with E-state index in [2.05, 4.69) is 4.90 Å². The highest BCUT2D eigenvalue weighted by molar-refractivity contribution is 6.30. The summed E-state index contributed by atoms with van der Waals surface area (Å²) < 4.78 is 5.21. The summed E-state index contributed by atoms with van der Waals surface area (Å²) in [5.41, 5.74) is 0.710. The normalized spacial score (nSPS) is 35.2. The molecule has 1 saturated carbocycles. The van der Waals surface area contributed by atoms with E-state index in [4.69, 9.17) is 16.3 Å². The highest BCUT2D eigenvalue weighted by Crippen LogP contribution is 2.57. The first-order chi connectivity index (χ1) is 14.5. The van der Waals surface area contributed by atoms with Crippen LogP contribution in [0.25, 0.3) is 0 Å². The van der Waals surface area contributed by atoms with Gasteiger partial charge in [-0.3, -0.25) is 9.69 Å². The van der Waals surface area contributed by atoms with E-state index < -0.39 is 11.0 Å². The van der Waals surface area contributed by atoms with Crippen LogP contribution in [-0.4, -0.2) is 41.7 Å². The van der Waals surface area contributed by atoms with E-state index in [1.807, 2.05) is 54.6 Å². The van der Waals surface area contributed by atoms with Gasteiger partial charge in [0.2, 0.25) is 0 Å². The highest BCUT2D eigenvalue weighted by Gasteiger charge is 2.63. The lowest BCUT2D eigenvalue weighted by atomic mass is 9.80. The number of esters is 1. The van der Waals surface area contributed by atoms with Gasteiger partial charge in [0, 0.05) is 23.7 Å². The second kappa shape index (κ2) is 7.37. The molecule has 3 fully saturated rings. The van der Waals surface area contributed by atoms with Gasteiger partial charge in [0.15, 0.2) is 0 Å². The van der Waals surface area contributed by atoms with Crippen molar-refractivity contribution in [2.75, 3.05) is 13.7 Å². The largest absolute Gasteiger partial charge is 0.468 e. The van der Waals surface area contributed by atoms with Crippen LogP contribution in [0.5, 0.6) is 0 Å². The van der Waals surface area contributed by atoms with Crippen molar-refractivity contribution < 1.29 is 14.6 Å². The van der Waals surface area contributed by atoms with Crippen molar-refractivity contribution in [1.82, 2.24) is 4.90 Å². The molecule has 2 aromatic carbocycles. The minimum atomic E-state index is -0.796. The third-order valence-electron chi connectivity index (χ3n) is 7.67. The summed E-state index contributed by atoms with van der Waals surface area (Å²) in [5, 5.41) is 12.1. The Morgan fingerprint density at radius 2 is 1.67 bits per heavy atom. The van der Waals surface area contributed by atoms with E-state index in [9.17, 15) is 9.90 Å². The third kappa shape index (κ3) is 3.17. The number of hydrogen-bond donors (Lipinski definition) is 1. The second-order valence-electron chi connectivity index (χ2n) is 9.26. The van der Waals surface area contributed by atoms with Crippen molar-refractivity contribution in [2.24, 2.45) is 5.92 Å². The predicted octanol–water partition coefficient (Wildman–Crippen LogP) is 4.29. The van der Waals surface area contributed by atoms with Crippen LogP contribution in [0.3, 0.4) is 0 Å². The van der Waals surface area contributed by atoms with Gasteiger partial charge in [0.25, 0.3) is 0 Å². The summed E-state index contributed by atoms with van der Waals surface area (Å²) in [6.45, 7) is 0.885. The average molecular weight is 426 g/mol.